The minimum absolute atomic E-state index is 0.0800. The predicted molar refractivity (Wildman–Crippen MR) is 84.7 cm³/mol. The summed E-state index contributed by atoms with van der Waals surface area (Å²) in [7, 11) is 4.67. The molecule has 0 bridgehead atoms. The van der Waals surface area contributed by atoms with E-state index in [-0.39, 0.29) is 17.5 Å². The maximum Gasteiger partial charge on any atom is 0.203 e. The van der Waals surface area contributed by atoms with Gasteiger partial charge in [-0.25, -0.2) is 0 Å². The molecule has 2 aliphatic rings. The third-order valence-corrected chi connectivity index (χ3v) is 5.39. The highest BCUT2D eigenvalue weighted by molar-refractivity contribution is 6.06. The molecule has 0 aromatic heterocycles. The summed E-state index contributed by atoms with van der Waals surface area (Å²) in [6, 6.07) is 1.75. The number of carbonyl (C=O) groups is 2. The standard InChI is InChI=1S/C18H22O5/c1-18-8-7-10(19)5-6-12(18)15(20)11-9-13(21-2)16(22-3)17(23-4)14(11)18/h9,12H,5-8H2,1-4H3/t12-,18-/m0/s1. The van der Waals surface area contributed by atoms with Crippen molar-refractivity contribution in [3.05, 3.63) is 17.2 Å². The largest absolute Gasteiger partial charge is 0.493 e. The van der Waals surface area contributed by atoms with Crippen LogP contribution in [0.5, 0.6) is 17.2 Å². The summed E-state index contributed by atoms with van der Waals surface area (Å²) in [6.45, 7) is 2.06. The van der Waals surface area contributed by atoms with Gasteiger partial charge in [-0.1, -0.05) is 6.92 Å². The van der Waals surface area contributed by atoms with Crippen LogP contribution in [0.25, 0.3) is 0 Å². The molecule has 2 atom stereocenters. The summed E-state index contributed by atoms with van der Waals surface area (Å²) >= 11 is 0. The Morgan fingerprint density at radius 2 is 1.74 bits per heavy atom. The van der Waals surface area contributed by atoms with Crippen molar-refractivity contribution in [2.24, 2.45) is 5.92 Å². The molecule has 0 unspecified atom stereocenters. The van der Waals surface area contributed by atoms with Crippen molar-refractivity contribution in [1.82, 2.24) is 0 Å². The molecule has 0 radical (unpaired) electrons. The van der Waals surface area contributed by atoms with E-state index in [0.717, 1.165) is 5.56 Å². The summed E-state index contributed by atoms with van der Waals surface area (Å²) in [5, 5.41) is 0. The van der Waals surface area contributed by atoms with E-state index in [1.807, 2.05) is 0 Å². The van der Waals surface area contributed by atoms with Gasteiger partial charge in [0.1, 0.15) is 5.78 Å². The highest BCUT2D eigenvalue weighted by atomic mass is 16.5. The number of ketones is 2. The number of carbonyl (C=O) groups excluding carboxylic acids is 2. The molecule has 0 spiro atoms. The number of rotatable bonds is 3. The zero-order chi connectivity index (χ0) is 16.8. The fourth-order valence-electron chi connectivity index (χ4n) is 4.15. The second kappa shape index (κ2) is 5.55. The van der Waals surface area contributed by atoms with Crippen LogP contribution in [0, 0.1) is 5.92 Å². The van der Waals surface area contributed by atoms with Crippen LogP contribution >= 0.6 is 0 Å². The molecule has 1 aromatic rings. The third-order valence-electron chi connectivity index (χ3n) is 5.39. The van der Waals surface area contributed by atoms with Crippen molar-refractivity contribution < 1.29 is 23.8 Å². The van der Waals surface area contributed by atoms with E-state index in [0.29, 0.717) is 48.5 Å². The molecule has 1 aromatic carbocycles. The van der Waals surface area contributed by atoms with Gasteiger partial charge >= 0.3 is 0 Å². The van der Waals surface area contributed by atoms with Crippen molar-refractivity contribution in [3.63, 3.8) is 0 Å². The molecule has 0 amide bonds. The molecule has 1 fully saturated rings. The summed E-state index contributed by atoms with van der Waals surface area (Å²) < 4.78 is 16.4. The molecule has 0 N–H and O–H groups in total. The zero-order valence-corrected chi connectivity index (χ0v) is 14.0. The van der Waals surface area contributed by atoms with Gasteiger partial charge in [0.15, 0.2) is 17.3 Å². The number of fused-ring (bicyclic) bond motifs is 3. The average Bonchev–Trinajstić information content (AvgIpc) is 2.66. The third kappa shape index (κ3) is 2.13. The lowest BCUT2D eigenvalue weighted by Gasteiger charge is -2.31. The molecular formula is C18H22O5. The van der Waals surface area contributed by atoms with Gasteiger partial charge in [-0.15, -0.1) is 0 Å². The second-order valence-electron chi connectivity index (χ2n) is 6.48. The Bertz CT molecular complexity index is 678. The summed E-state index contributed by atoms with van der Waals surface area (Å²) in [4.78, 5) is 24.8. The van der Waals surface area contributed by atoms with Gasteiger partial charge in [0.05, 0.1) is 21.3 Å². The SMILES string of the molecule is COc1cc2c(c(OC)c1OC)[C@@]1(C)CCC(=O)CC[C@H]1C2=O. The maximum atomic E-state index is 13.0. The Hall–Kier alpha value is -2.04. The lowest BCUT2D eigenvalue weighted by Crippen LogP contribution is -2.29. The Kier molecular flexibility index (Phi) is 3.82. The Labute approximate surface area is 135 Å². The van der Waals surface area contributed by atoms with Gasteiger partial charge in [-0.2, -0.15) is 0 Å². The maximum absolute atomic E-state index is 13.0. The molecule has 1 saturated carbocycles. The molecule has 5 heteroatoms. The molecule has 0 saturated heterocycles. The van der Waals surface area contributed by atoms with E-state index >= 15 is 0 Å². The number of ether oxygens (including phenoxy) is 3. The monoisotopic (exact) mass is 318 g/mol. The van der Waals surface area contributed by atoms with E-state index < -0.39 is 5.41 Å². The number of hydrogen-bond acceptors (Lipinski definition) is 5. The number of Topliss-reactive ketones (excluding diaryl/α,β-unsaturated/α-hetero) is 2. The van der Waals surface area contributed by atoms with Crippen molar-refractivity contribution in [1.29, 1.82) is 0 Å². The normalized spacial score (nSPS) is 26.3. The Morgan fingerprint density at radius 3 is 2.35 bits per heavy atom. The van der Waals surface area contributed by atoms with Crippen molar-refractivity contribution in [2.75, 3.05) is 21.3 Å². The van der Waals surface area contributed by atoms with E-state index in [4.69, 9.17) is 14.2 Å². The quantitative estimate of drug-likeness (QED) is 0.857. The van der Waals surface area contributed by atoms with Crippen LogP contribution in [-0.4, -0.2) is 32.9 Å². The van der Waals surface area contributed by atoms with Crippen molar-refractivity contribution in [3.8, 4) is 17.2 Å². The minimum Gasteiger partial charge on any atom is -0.493 e. The van der Waals surface area contributed by atoms with Crippen molar-refractivity contribution >= 4 is 11.6 Å². The average molecular weight is 318 g/mol. The highest BCUT2D eigenvalue weighted by Crippen LogP contribution is 2.57. The van der Waals surface area contributed by atoms with Crippen LogP contribution in [-0.2, 0) is 10.2 Å². The van der Waals surface area contributed by atoms with Gasteiger partial charge in [-0.05, 0) is 18.9 Å². The Morgan fingerprint density at radius 1 is 1.04 bits per heavy atom. The van der Waals surface area contributed by atoms with Crippen LogP contribution in [0.15, 0.2) is 6.07 Å². The summed E-state index contributed by atoms with van der Waals surface area (Å²) in [5.41, 5.74) is 1.10. The van der Waals surface area contributed by atoms with Crippen LogP contribution in [0.4, 0.5) is 0 Å². The van der Waals surface area contributed by atoms with Gasteiger partial charge in [0.25, 0.3) is 0 Å². The Balaban J connectivity index is 2.27. The first-order valence-electron chi connectivity index (χ1n) is 7.87. The fourth-order valence-corrected chi connectivity index (χ4v) is 4.15. The smallest absolute Gasteiger partial charge is 0.203 e. The molecule has 3 rings (SSSR count). The van der Waals surface area contributed by atoms with Gasteiger partial charge in [0, 0.05) is 35.3 Å². The summed E-state index contributed by atoms with van der Waals surface area (Å²) in [6.07, 6.45) is 2.21. The van der Waals surface area contributed by atoms with Crippen LogP contribution in [0.2, 0.25) is 0 Å². The number of benzene rings is 1. The topological polar surface area (TPSA) is 61.8 Å². The van der Waals surface area contributed by atoms with Crippen LogP contribution < -0.4 is 14.2 Å². The predicted octanol–water partition coefficient (Wildman–Crippen LogP) is 2.93. The van der Waals surface area contributed by atoms with Crippen LogP contribution in [0.3, 0.4) is 0 Å². The first kappa shape index (κ1) is 15.8. The van der Waals surface area contributed by atoms with E-state index in [1.54, 1.807) is 27.4 Å². The molecule has 0 heterocycles. The zero-order valence-electron chi connectivity index (χ0n) is 14.0. The second-order valence-corrected chi connectivity index (χ2v) is 6.48. The van der Waals surface area contributed by atoms with Crippen LogP contribution in [0.1, 0.15) is 48.5 Å². The summed E-state index contributed by atoms with van der Waals surface area (Å²) in [5.74, 6) is 1.67. The lowest BCUT2D eigenvalue weighted by atomic mass is 9.72. The fraction of sp³-hybridized carbons (Fsp3) is 0.556. The molecule has 2 aliphatic carbocycles. The first-order valence-corrected chi connectivity index (χ1v) is 7.87. The molecule has 124 valence electrons. The minimum atomic E-state index is -0.399. The molecule has 0 aliphatic heterocycles. The van der Waals surface area contributed by atoms with E-state index in [2.05, 4.69) is 6.92 Å². The number of hydrogen-bond donors (Lipinski definition) is 0. The van der Waals surface area contributed by atoms with Gasteiger partial charge in [-0.3, -0.25) is 9.59 Å². The highest BCUT2D eigenvalue weighted by Gasteiger charge is 2.52. The van der Waals surface area contributed by atoms with Gasteiger partial charge in [0.2, 0.25) is 5.75 Å². The molecular weight excluding hydrogens is 296 g/mol. The number of methoxy groups -OCH3 is 3. The lowest BCUT2D eigenvalue weighted by molar-refractivity contribution is -0.119. The molecule has 23 heavy (non-hydrogen) atoms. The first-order chi connectivity index (χ1) is 11.0. The van der Waals surface area contributed by atoms with E-state index in [9.17, 15) is 9.59 Å². The van der Waals surface area contributed by atoms with E-state index in [1.165, 1.54) is 0 Å². The van der Waals surface area contributed by atoms with Gasteiger partial charge < -0.3 is 14.2 Å². The van der Waals surface area contributed by atoms with Crippen molar-refractivity contribution in [2.45, 2.75) is 38.0 Å². The molecule has 5 nitrogen and oxygen atoms in total.